The van der Waals surface area contributed by atoms with Crippen molar-refractivity contribution in [2.45, 2.75) is 19.1 Å². The molecule has 1 unspecified atom stereocenters. The smallest absolute Gasteiger partial charge is 0.124 e. The minimum absolute atomic E-state index is 0.267. The molecule has 0 amide bonds. The predicted molar refractivity (Wildman–Crippen MR) is 53.3 cm³/mol. The average Bonchev–Trinajstić information content (AvgIpc) is 2.63. The topological polar surface area (TPSA) is 45.4 Å². The summed E-state index contributed by atoms with van der Waals surface area (Å²) in [6.45, 7) is 0.641. The van der Waals surface area contributed by atoms with Gasteiger partial charge in [0.05, 0.1) is 11.6 Å². The summed E-state index contributed by atoms with van der Waals surface area (Å²) in [5.74, 6) is 0.318. The van der Waals surface area contributed by atoms with Crippen LogP contribution in [-0.2, 0) is 13.0 Å². The van der Waals surface area contributed by atoms with Crippen molar-refractivity contribution in [3.63, 3.8) is 0 Å². The maximum atomic E-state index is 9.62. The normalized spacial score (nSPS) is 20.2. The predicted octanol–water partition coefficient (Wildman–Crippen LogP) is 1.26. The summed E-state index contributed by atoms with van der Waals surface area (Å²) in [6.07, 6.45) is 0.422. The van der Waals surface area contributed by atoms with E-state index in [0.29, 0.717) is 18.7 Å². The second kappa shape index (κ2) is 2.51. The standard InChI is InChI=1S/C11H11NO2/c13-8-4-7-5-9-10(12(7)6-8)2-1-3-11(9)14/h1-3,5,8,13-14H,4,6H2. The van der Waals surface area contributed by atoms with Crippen LogP contribution in [0.4, 0.5) is 0 Å². The second-order valence-electron chi connectivity index (χ2n) is 3.81. The van der Waals surface area contributed by atoms with Crippen LogP contribution < -0.4 is 0 Å². The third-order valence-corrected chi connectivity index (χ3v) is 2.85. The van der Waals surface area contributed by atoms with Crippen molar-refractivity contribution in [1.29, 1.82) is 0 Å². The van der Waals surface area contributed by atoms with Crippen molar-refractivity contribution >= 4 is 10.9 Å². The first-order chi connectivity index (χ1) is 6.75. The van der Waals surface area contributed by atoms with E-state index in [-0.39, 0.29) is 6.10 Å². The van der Waals surface area contributed by atoms with Gasteiger partial charge >= 0.3 is 0 Å². The van der Waals surface area contributed by atoms with E-state index in [9.17, 15) is 10.2 Å². The lowest BCUT2D eigenvalue weighted by Gasteiger charge is -2.02. The quantitative estimate of drug-likeness (QED) is 0.655. The van der Waals surface area contributed by atoms with Crippen LogP contribution in [0.3, 0.4) is 0 Å². The van der Waals surface area contributed by atoms with Gasteiger partial charge in [-0.25, -0.2) is 0 Å². The van der Waals surface area contributed by atoms with Crippen LogP contribution in [0.25, 0.3) is 10.9 Å². The molecular weight excluding hydrogens is 178 g/mol. The number of aromatic nitrogens is 1. The highest BCUT2D eigenvalue weighted by Crippen LogP contribution is 2.31. The molecule has 1 aliphatic heterocycles. The molecule has 0 bridgehead atoms. The molecule has 1 aliphatic rings. The lowest BCUT2D eigenvalue weighted by molar-refractivity contribution is 0.176. The van der Waals surface area contributed by atoms with Crippen molar-refractivity contribution in [2.75, 3.05) is 0 Å². The Labute approximate surface area is 81.2 Å². The molecule has 2 aromatic rings. The minimum atomic E-state index is -0.267. The van der Waals surface area contributed by atoms with E-state index < -0.39 is 0 Å². The second-order valence-corrected chi connectivity index (χ2v) is 3.81. The van der Waals surface area contributed by atoms with Crippen molar-refractivity contribution in [1.82, 2.24) is 4.57 Å². The molecule has 0 spiro atoms. The lowest BCUT2D eigenvalue weighted by Crippen LogP contribution is -2.06. The minimum Gasteiger partial charge on any atom is -0.507 e. The van der Waals surface area contributed by atoms with Gasteiger partial charge in [0.25, 0.3) is 0 Å². The molecule has 0 saturated heterocycles. The monoisotopic (exact) mass is 189 g/mol. The Morgan fingerprint density at radius 3 is 3.07 bits per heavy atom. The summed E-state index contributed by atoms with van der Waals surface area (Å²) in [4.78, 5) is 0. The number of aliphatic hydroxyl groups is 1. The Morgan fingerprint density at radius 2 is 2.21 bits per heavy atom. The van der Waals surface area contributed by atoms with Crippen LogP contribution in [0, 0.1) is 0 Å². The van der Waals surface area contributed by atoms with E-state index >= 15 is 0 Å². The summed E-state index contributed by atoms with van der Waals surface area (Å²) in [5.41, 5.74) is 2.12. The molecule has 3 rings (SSSR count). The zero-order valence-corrected chi connectivity index (χ0v) is 7.64. The van der Waals surface area contributed by atoms with Gasteiger partial charge in [-0.1, -0.05) is 6.07 Å². The molecule has 2 heterocycles. The number of rotatable bonds is 0. The van der Waals surface area contributed by atoms with Gasteiger partial charge in [-0.3, -0.25) is 0 Å². The third kappa shape index (κ3) is 0.902. The first kappa shape index (κ1) is 7.88. The highest BCUT2D eigenvalue weighted by atomic mass is 16.3. The molecule has 1 atom stereocenters. The molecular formula is C11H11NO2. The van der Waals surface area contributed by atoms with Crippen LogP contribution in [-0.4, -0.2) is 20.9 Å². The number of aliphatic hydroxyl groups excluding tert-OH is 1. The Hall–Kier alpha value is -1.48. The van der Waals surface area contributed by atoms with Gasteiger partial charge in [0.1, 0.15) is 5.75 Å². The van der Waals surface area contributed by atoms with E-state index in [1.54, 1.807) is 6.07 Å². The van der Waals surface area contributed by atoms with Gasteiger partial charge < -0.3 is 14.8 Å². The number of benzene rings is 1. The number of aromatic hydroxyl groups is 1. The Kier molecular flexibility index (Phi) is 1.42. The third-order valence-electron chi connectivity index (χ3n) is 2.85. The zero-order chi connectivity index (χ0) is 9.71. The SMILES string of the molecule is Oc1cccc2c1cc1n2CC(O)C1. The molecule has 0 aliphatic carbocycles. The van der Waals surface area contributed by atoms with E-state index in [1.807, 2.05) is 18.2 Å². The first-order valence-electron chi connectivity index (χ1n) is 4.74. The number of nitrogens with zero attached hydrogens (tertiary/aromatic N) is 1. The molecule has 0 radical (unpaired) electrons. The maximum absolute atomic E-state index is 9.62. The van der Waals surface area contributed by atoms with Gasteiger partial charge in [-0.15, -0.1) is 0 Å². The zero-order valence-electron chi connectivity index (χ0n) is 7.64. The highest BCUT2D eigenvalue weighted by molar-refractivity contribution is 5.87. The van der Waals surface area contributed by atoms with Crippen LogP contribution in [0.15, 0.2) is 24.3 Å². The van der Waals surface area contributed by atoms with Gasteiger partial charge in [0.15, 0.2) is 0 Å². The largest absolute Gasteiger partial charge is 0.507 e. The number of phenols is 1. The van der Waals surface area contributed by atoms with Crippen LogP contribution in [0.1, 0.15) is 5.69 Å². The summed E-state index contributed by atoms with van der Waals surface area (Å²) in [6, 6.07) is 7.45. The summed E-state index contributed by atoms with van der Waals surface area (Å²) < 4.78 is 2.07. The molecule has 3 heteroatoms. The van der Waals surface area contributed by atoms with Crippen LogP contribution >= 0.6 is 0 Å². The molecule has 0 saturated carbocycles. The van der Waals surface area contributed by atoms with Crippen molar-refractivity contribution in [3.05, 3.63) is 30.0 Å². The Balaban J connectivity index is 2.33. The number of hydrogen-bond acceptors (Lipinski definition) is 2. The summed E-state index contributed by atoms with van der Waals surface area (Å²) >= 11 is 0. The van der Waals surface area contributed by atoms with Gasteiger partial charge in [0, 0.05) is 24.0 Å². The summed E-state index contributed by atoms with van der Waals surface area (Å²) in [5, 5.41) is 20.0. The van der Waals surface area contributed by atoms with Gasteiger partial charge in [0.2, 0.25) is 0 Å². The number of hydrogen-bond donors (Lipinski definition) is 2. The fraction of sp³-hybridized carbons (Fsp3) is 0.273. The van der Waals surface area contributed by atoms with E-state index in [2.05, 4.69) is 4.57 Å². The molecule has 0 fully saturated rings. The highest BCUT2D eigenvalue weighted by Gasteiger charge is 2.21. The fourth-order valence-electron chi connectivity index (χ4n) is 2.23. The molecule has 72 valence electrons. The van der Waals surface area contributed by atoms with Crippen molar-refractivity contribution in [2.24, 2.45) is 0 Å². The molecule has 14 heavy (non-hydrogen) atoms. The van der Waals surface area contributed by atoms with Crippen molar-refractivity contribution in [3.8, 4) is 5.75 Å². The van der Waals surface area contributed by atoms with E-state index in [4.69, 9.17) is 0 Å². The number of fused-ring (bicyclic) bond motifs is 3. The Bertz CT molecular complexity index is 501. The molecule has 1 aromatic heterocycles. The van der Waals surface area contributed by atoms with Crippen LogP contribution in [0.5, 0.6) is 5.75 Å². The van der Waals surface area contributed by atoms with Crippen LogP contribution in [0.2, 0.25) is 0 Å². The maximum Gasteiger partial charge on any atom is 0.124 e. The van der Waals surface area contributed by atoms with E-state index in [1.165, 1.54) is 0 Å². The van der Waals surface area contributed by atoms with Gasteiger partial charge in [-0.05, 0) is 18.2 Å². The molecule has 1 aromatic carbocycles. The lowest BCUT2D eigenvalue weighted by atomic mass is 10.2. The van der Waals surface area contributed by atoms with Crippen molar-refractivity contribution < 1.29 is 10.2 Å². The molecule has 3 nitrogen and oxygen atoms in total. The molecule has 2 N–H and O–H groups in total. The number of phenolic OH excluding ortho intramolecular Hbond substituents is 1. The average molecular weight is 189 g/mol. The first-order valence-corrected chi connectivity index (χ1v) is 4.74. The summed E-state index contributed by atoms with van der Waals surface area (Å²) in [7, 11) is 0. The van der Waals surface area contributed by atoms with Gasteiger partial charge in [-0.2, -0.15) is 0 Å². The fourth-order valence-corrected chi connectivity index (χ4v) is 2.23. The van der Waals surface area contributed by atoms with E-state index in [0.717, 1.165) is 16.6 Å². The Morgan fingerprint density at radius 1 is 1.36 bits per heavy atom.